The quantitative estimate of drug-likeness (QED) is 0.379. The van der Waals surface area contributed by atoms with E-state index in [4.69, 9.17) is 17.0 Å². The molecule has 4 heteroatoms. The molecular formula is C8H17NOS2. The predicted molar refractivity (Wildman–Crippen MR) is 59.9 cm³/mol. The normalized spacial score (nSPS) is 9.83. The van der Waals surface area contributed by atoms with Gasteiger partial charge in [0.1, 0.15) is 4.32 Å². The van der Waals surface area contributed by atoms with Crippen molar-refractivity contribution in [2.45, 2.75) is 26.2 Å². The summed E-state index contributed by atoms with van der Waals surface area (Å²) in [5.41, 5.74) is 0. The molecular weight excluding hydrogens is 190 g/mol. The van der Waals surface area contributed by atoms with E-state index in [0.717, 1.165) is 32.6 Å². The highest BCUT2D eigenvalue weighted by atomic mass is 32.1. The molecule has 0 aromatic carbocycles. The summed E-state index contributed by atoms with van der Waals surface area (Å²) in [5.74, 6) is 0. The molecule has 0 aromatic heterocycles. The summed E-state index contributed by atoms with van der Waals surface area (Å²) >= 11 is 8.66. The van der Waals surface area contributed by atoms with E-state index in [9.17, 15) is 0 Å². The number of nitrogens with one attached hydrogen (secondary N) is 1. The molecule has 0 unspecified atom stereocenters. The van der Waals surface area contributed by atoms with Crippen LogP contribution in [-0.2, 0) is 4.74 Å². The molecule has 0 aliphatic rings. The SMILES string of the molecule is CCCCOCCCNC(=S)S. The van der Waals surface area contributed by atoms with Gasteiger partial charge in [0.05, 0.1) is 0 Å². The second-order valence-corrected chi connectivity index (χ2v) is 3.71. The van der Waals surface area contributed by atoms with Crippen LogP contribution in [0.15, 0.2) is 0 Å². The molecule has 0 rings (SSSR count). The van der Waals surface area contributed by atoms with Crippen LogP contribution in [-0.4, -0.2) is 24.1 Å². The topological polar surface area (TPSA) is 21.3 Å². The molecule has 0 aliphatic heterocycles. The predicted octanol–water partition coefficient (Wildman–Crippen LogP) is 2.00. The maximum atomic E-state index is 5.35. The van der Waals surface area contributed by atoms with Crippen molar-refractivity contribution < 1.29 is 4.74 Å². The molecule has 1 N–H and O–H groups in total. The number of rotatable bonds is 7. The van der Waals surface area contributed by atoms with Crippen LogP contribution >= 0.6 is 24.8 Å². The van der Waals surface area contributed by atoms with Crippen LogP contribution in [0.2, 0.25) is 0 Å². The number of thiocarbonyl (C=S) groups is 1. The number of thiol groups is 1. The molecule has 0 atom stereocenters. The minimum atomic E-state index is 0.559. The fraction of sp³-hybridized carbons (Fsp3) is 0.875. The molecule has 0 heterocycles. The molecule has 0 radical (unpaired) electrons. The van der Waals surface area contributed by atoms with Gasteiger partial charge in [-0.15, -0.1) is 12.6 Å². The summed E-state index contributed by atoms with van der Waals surface area (Å²) in [6, 6.07) is 0. The van der Waals surface area contributed by atoms with Gasteiger partial charge in [-0.25, -0.2) is 0 Å². The van der Waals surface area contributed by atoms with Crippen LogP contribution in [0.25, 0.3) is 0 Å². The summed E-state index contributed by atoms with van der Waals surface area (Å²) in [6.45, 7) is 4.70. The lowest BCUT2D eigenvalue weighted by molar-refractivity contribution is 0.129. The van der Waals surface area contributed by atoms with Crippen LogP contribution in [0.1, 0.15) is 26.2 Å². The summed E-state index contributed by atoms with van der Waals surface area (Å²) in [4.78, 5) is 0. The van der Waals surface area contributed by atoms with Gasteiger partial charge in [-0.1, -0.05) is 25.6 Å². The van der Waals surface area contributed by atoms with Gasteiger partial charge < -0.3 is 10.1 Å². The maximum absolute atomic E-state index is 5.35. The van der Waals surface area contributed by atoms with Crippen molar-refractivity contribution in [2.75, 3.05) is 19.8 Å². The molecule has 0 aromatic rings. The Morgan fingerprint density at radius 1 is 1.42 bits per heavy atom. The zero-order valence-corrected chi connectivity index (χ0v) is 9.22. The first kappa shape index (κ1) is 12.2. The highest BCUT2D eigenvalue weighted by Crippen LogP contribution is 1.89. The lowest BCUT2D eigenvalue weighted by atomic mass is 10.4. The van der Waals surface area contributed by atoms with Gasteiger partial charge in [-0.05, 0) is 12.8 Å². The van der Waals surface area contributed by atoms with Gasteiger partial charge in [0.2, 0.25) is 0 Å². The van der Waals surface area contributed by atoms with Gasteiger partial charge in [0, 0.05) is 19.8 Å². The Bertz CT molecular complexity index is 120. The first-order chi connectivity index (χ1) is 5.77. The first-order valence-electron chi connectivity index (χ1n) is 4.32. The number of ether oxygens (including phenoxy) is 1. The third-order valence-electron chi connectivity index (χ3n) is 1.38. The summed E-state index contributed by atoms with van der Waals surface area (Å²) in [6.07, 6.45) is 3.34. The van der Waals surface area contributed by atoms with Crippen molar-refractivity contribution in [1.82, 2.24) is 5.32 Å². The van der Waals surface area contributed by atoms with Crippen molar-refractivity contribution in [1.29, 1.82) is 0 Å². The Morgan fingerprint density at radius 2 is 2.08 bits per heavy atom. The summed E-state index contributed by atoms with van der Waals surface area (Å²) in [5, 5.41) is 2.95. The van der Waals surface area contributed by atoms with Gasteiger partial charge in [0.15, 0.2) is 0 Å². The lowest BCUT2D eigenvalue weighted by Gasteiger charge is -2.04. The van der Waals surface area contributed by atoms with Gasteiger partial charge >= 0.3 is 0 Å². The minimum Gasteiger partial charge on any atom is -0.381 e. The van der Waals surface area contributed by atoms with Gasteiger partial charge in [-0.3, -0.25) is 0 Å². The molecule has 0 fully saturated rings. The van der Waals surface area contributed by atoms with Crippen LogP contribution < -0.4 is 5.32 Å². The highest BCUT2D eigenvalue weighted by Gasteiger charge is 1.89. The Balaban J connectivity index is 2.86. The molecule has 2 nitrogen and oxygen atoms in total. The average Bonchev–Trinajstić information content (AvgIpc) is 2.02. The second-order valence-electron chi connectivity index (χ2n) is 2.55. The molecule has 0 aliphatic carbocycles. The third-order valence-corrected chi connectivity index (χ3v) is 1.69. The smallest absolute Gasteiger partial charge is 0.130 e. The van der Waals surface area contributed by atoms with Crippen molar-refractivity contribution in [3.8, 4) is 0 Å². The monoisotopic (exact) mass is 207 g/mol. The van der Waals surface area contributed by atoms with Crippen LogP contribution in [0, 0.1) is 0 Å². The molecule has 0 amide bonds. The van der Waals surface area contributed by atoms with E-state index in [0.29, 0.717) is 4.32 Å². The average molecular weight is 207 g/mol. The molecule has 72 valence electrons. The van der Waals surface area contributed by atoms with E-state index in [1.54, 1.807) is 0 Å². The van der Waals surface area contributed by atoms with Crippen molar-refractivity contribution >= 4 is 29.2 Å². The van der Waals surface area contributed by atoms with E-state index in [1.807, 2.05) is 0 Å². The van der Waals surface area contributed by atoms with Crippen LogP contribution in [0.3, 0.4) is 0 Å². The Kier molecular flexibility index (Phi) is 9.44. The number of hydrogen-bond donors (Lipinski definition) is 2. The summed E-state index contributed by atoms with van der Waals surface area (Å²) < 4.78 is 5.91. The van der Waals surface area contributed by atoms with Gasteiger partial charge in [-0.2, -0.15) is 0 Å². The van der Waals surface area contributed by atoms with Crippen LogP contribution in [0.4, 0.5) is 0 Å². The Labute approximate surface area is 85.5 Å². The molecule has 0 saturated carbocycles. The Morgan fingerprint density at radius 3 is 2.67 bits per heavy atom. The fourth-order valence-corrected chi connectivity index (χ4v) is 0.932. The van der Waals surface area contributed by atoms with Crippen LogP contribution in [0.5, 0.6) is 0 Å². The lowest BCUT2D eigenvalue weighted by Crippen LogP contribution is -2.18. The zero-order valence-electron chi connectivity index (χ0n) is 7.51. The summed E-state index contributed by atoms with van der Waals surface area (Å²) in [7, 11) is 0. The zero-order chi connectivity index (χ0) is 9.23. The van der Waals surface area contributed by atoms with Crippen molar-refractivity contribution in [2.24, 2.45) is 0 Å². The number of hydrogen-bond acceptors (Lipinski definition) is 2. The van der Waals surface area contributed by atoms with E-state index >= 15 is 0 Å². The standard InChI is InChI=1S/C8H17NOS2/c1-2-3-6-10-7-4-5-9-8(11)12/h2-7H2,1H3,(H2,9,11,12). The fourth-order valence-electron chi connectivity index (χ4n) is 0.718. The Hall–Kier alpha value is 0.200. The molecule has 12 heavy (non-hydrogen) atoms. The largest absolute Gasteiger partial charge is 0.381 e. The number of unbranched alkanes of at least 4 members (excludes halogenated alkanes) is 1. The van der Waals surface area contributed by atoms with Crippen molar-refractivity contribution in [3.05, 3.63) is 0 Å². The first-order valence-corrected chi connectivity index (χ1v) is 5.17. The highest BCUT2D eigenvalue weighted by molar-refractivity contribution is 8.11. The molecule has 0 bridgehead atoms. The van der Waals surface area contributed by atoms with Gasteiger partial charge in [0.25, 0.3) is 0 Å². The van der Waals surface area contributed by atoms with Crippen molar-refractivity contribution in [3.63, 3.8) is 0 Å². The molecule has 0 saturated heterocycles. The third kappa shape index (κ3) is 10.2. The molecule has 0 spiro atoms. The second kappa shape index (κ2) is 9.29. The van der Waals surface area contributed by atoms with E-state index in [-0.39, 0.29) is 0 Å². The minimum absolute atomic E-state index is 0.559. The van der Waals surface area contributed by atoms with E-state index in [1.165, 1.54) is 6.42 Å². The maximum Gasteiger partial charge on any atom is 0.130 e. The van der Waals surface area contributed by atoms with E-state index < -0.39 is 0 Å². The van der Waals surface area contributed by atoms with E-state index in [2.05, 4.69) is 24.9 Å².